The number of anilines is 1. The zero-order chi connectivity index (χ0) is 24.3. The molecule has 4 rings (SSSR count). The summed E-state index contributed by atoms with van der Waals surface area (Å²) in [5.41, 5.74) is 7.95. The Morgan fingerprint density at radius 1 is 1.26 bits per heavy atom. The van der Waals surface area contributed by atoms with Gasteiger partial charge in [-0.1, -0.05) is 37.5 Å². The zero-order valence-corrected chi connectivity index (χ0v) is 21.0. The molecule has 1 amide bonds. The summed E-state index contributed by atoms with van der Waals surface area (Å²) >= 11 is 4.48. The van der Waals surface area contributed by atoms with Gasteiger partial charge in [-0.15, -0.1) is 12.6 Å². The molecule has 34 heavy (non-hydrogen) atoms. The number of hydrogen-bond donors (Lipinski definition) is 4. The third-order valence-electron chi connectivity index (χ3n) is 7.04. The number of nitrogen functional groups attached to an aromatic ring is 1. The van der Waals surface area contributed by atoms with Gasteiger partial charge in [0.05, 0.1) is 5.69 Å². The van der Waals surface area contributed by atoms with Crippen molar-refractivity contribution in [1.29, 1.82) is 5.41 Å². The van der Waals surface area contributed by atoms with Gasteiger partial charge in [0.1, 0.15) is 11.6 Å². The highest BCUT2D eigenvalue weighted by atomic mass is 32.1. The van der Waals surface area contributed by atoms with E-state index in [-0.39, 0.29) is 17.3 Å². The van der Waals surface area contributed by atoms with Crippen LogP contribution in [0.2, 0.25) is 0 Å². The van der Waals surface area contributed by atoms with E-state index in [0.29, 0.717) is 29.5 Å². The molecule has 0 radical (unpaired) electrons. The second-order valence-electron chi connectivity index (χ2n) is 9.99. The fourth-order valence-electron chi connectivity index (χ4n) is 5.26. The van der Waals surface area contributed by atoms with E-state index in [1.54, 1.807) is 18.2 Å². The highest BCUT2D eigenvalue weighted by Crippen LogP contribution is 2.40. The molecule has 2 heterocycles. The summed E-state index contributed by atoms with van der Waals surface area (Å²) in [6, 6.07) is 13.4. The number of amidine groups is 1. The number of fused-ring (bicyclic) bond motifs is 1. The van der Waals surface area contributed by atoms with E-state index < -0.39 is 6.10 Å². The van der Waals surface area contributed by atoms with Gasteiger partial charge < -0.3 is 20.7 Å². The summed E-state index contributed by atoms with van der Waals surface area (Å²) in [6.45, 7) is 5.26. The lowest BCUT2D eigenvalue weighted by molar-refractivity contribution is -0.126. The molecule has 0 aromatic heterocycles. The van der Waals surface area contributed by atoms with Crippen LogP contribution in [-0.4, -0.2) is 29.9 Å². The molecule has 1 saturated heterocycles. The minimum absolute atomic E-state index is 0.0300. The van der Waals surface area contributed by atoms with Gasteiger partial charge in [0.2, 0.25) is 6.10 Å². The summed E-state index contributed by atoms with van der Waals surface area (Å²) in [6.07, 6.45) is 7.32. The third kappa shape index (κ3) is 5.58. The largest absolute Gasteiger partial charge is 0.474 e. The molecule has 7 heteroatoms. The van der Waals surface area contributed by atoms with Crippen LogP contribution in [0.25, 0.3) is 0 Å². The van der Waals surface area contributed by atoms with Crippen molar-refractivity contribution < 1.29 is 9.53 Å². The first-order valence-electron chi connectivity index (χ1n) is 12.3. The van der Waals surface area contributed by atoms with Crippen molar-refractivity contribution in [3.8, 4) is 5.75 Å². The lowest BCUT2D eigenvalue weighted by atomic mass is 9.84. The Labute approximate surface area is 208 Å². The van der Waals surface area contributed by atoms with Gasteiger partial charge in [0.25, 0.3) is 5.91 Å². The van der Waals surface area contributed by atoms with E-state index in [1.165, 1.54) is 19.3 Å². The van der Waals surface area contributed by atoms with Crippen molar-refractivity contribution in [3.05, 3.63) is 53.6 Å². The van der Waals surface area contributed by atoms with Gasteiger partial charge >= 0.3 is 0 Å². The van der Waals surface area contributed by atoms with Crippen LogP contribution < -0.4 is 20.7 Å². The number of nitrogens with zero attached hydrogens (tertiary/aromatic N) is 1. The van der Waals surface area contributed by atoms with Gasteiger partial charge in [-0.05, 0) is 63.8 Å². The Hall–Kier alpha value is -2.51. The van der Waals surface area contributed by atoms with Crippen LogP contribution >= 0.6 is 12.6 Å². The molecule has 0 aliphatic carbocycles. The fourth-order valence-corrected chi connectivity index (χ4v) is 5.46. The number of amides is 1. The molecule has 2 aliphatic heterocycles. The van der Waals surface area contributed by atoms with Crippen LogP contribution in [0.15, 0.2) is 47.4 Å². The SMILES string of the molecule is C[C@H]1CCC[C@@](C)(CCCCCN2C(=O)C(c3cccc(C(=N)N)c3)Oc3ccc(S)cc32)N1. The molecule has 2 aromatic carbocycles. The first kappa shape index (κ1) is 24.6. The Balaban J connectivity index is 1.45. The summed E-state index contributed by atoms with van der Waals surface area (Å²) in [4.78, 5) is 16.2. The maximum atomic E-state index is 13.6. The standard InChI is InChI=1S/C27H36N4O2S/c1-18-8-7-14-27(2,30-18)13-4-3-5-15-31-22-17-21(34)11-12-23(22)33-24(26(31)32)19-9-6-10-20(16-19)25(28)29/h6,9-12,16-18,24,30,34H,3-5,7-8,13-15H2,1-2H3,(H3,28,29)/t18-,24?,27+/m0/s1. The van der Waals surface area contributed by atoms with E-state index >= 15 is 0 Å². The predicted octanol–water partition coefficient (Wildman–Crippen LogP) is 5.21. The number of carbonyl (C=O) groups excluding carboxylic acids is 1. The summed E-state index contributed by atoms with van der Waals surface area (Å²) in [5, 5.41) is 11.5. The molecule has 182 valence electrons. The minimum atomic E-state index is -0.760. The zero-order valence-electron chi connectivity index (χ0n) is 20.1. The van der Waals surface area contributed by atoms with Gasteiger partial charge in [-0.25, -0.2) is 0 Å². The molecule has 2 aromatic rings. The number of nitrogens with two attached hydrogens (primary N) is 1. The molecule has 4 N–H and O–H groups in total. The van der Waals surface area contributed by atoms with E-state index in [0.717, 1.165) is 36.3 Å². The second-order valence-corrected chi connectivity index (χ2v) is 10.5. The first-order valence-corrected chi connectivity index (χ1v) is 12.7. The second kappa shape index (κ2) is 10.4. The maximum Gasteiger partial charge on any atom is 0.272 e. The van der Waals surface area contributed by atoms with Gasteiger partial charge in [0, 0.05) is 34.1 Å². The monoisotopic (exact) mass is 480 g/mol. The summed E-state index contributed by atoms with van der Waals surface area (Å²) in [5.74, 6) is 0.544. The molecule has 0 bridgehead atoms. The number of ether oxygens (including phenoxy) is 1. The van der Waals surface area contributed by atoms with Crippen LogP contribution in [0.4, 0.5) is 5.69 Å². The van der Waals surface area contributed by atoms with E-state index in [4.69, 9.17) is 15.9 Å². The Morgan fingerprint density at radius 3 is 2.85 bits per heavy atom. The van der Waals surface area contributed by atoms with Crippen LogP contribution in [-0.2, 0) is 4.79 Å². The molecule has 0 spiro atoms. The highest BCUT2D eigenvalue weighted by molar-refractivity contribution is 7.80. The molecule has 1 unspecified atom stereocenters. The summed E-state index contributed by atoms with van der Waals surface area (Å²) < 4.78 is 6.14. The highest BCUT2D eigenvalue weighted by Gasteiger charge is 2.35. The third-order valence-corrected chi connectivity index (χ3v) is 7.32. The average Bonchev–Trinajstić information content (AvgIpc) is 2.80. The molecule has 0 saturated carbocycles. The van der Waals surface area contributed by atoms with Crippen molar-refractivity contribution >= 4 is 30.1 Å². The van der Waals surface area contributed by atoms with Gasteiger partial charge in [-0.2, -0.15) is 0 Å². The normalized spacial score (nSPS) is 24.4. The predicted molar refractivity (Wildman–Crippen MR) is 140 cm³/mol. The van der Waals surface area contributed by atoms with Crippen LogP contribution in [0, 0.1) is 5.41 Å². The Bertz CT molecular complexity index is 1060. The minimum Gasteiger partial charge on any atom is -0.474 e. The van der Waals surface area contributed by atoms with E-state index in [2.05, 4.69) is 31.8 Å². The lowest BCUT2D eigenvalue weighted by Crippen LogP contribution is -2.50. The Morgan fingerprint density at radius 2 is 2.09 bits per heavy atom. The summed E-state index contributed by atoms with van der Waals surface area (Å²) in [7, 11) is 0. The van der Waals surface area contributed by atoms with Crippen molar-refractivity contribution in [3.63, 3.8) is 0 Å². The molecule has 3 atom stereocenters. The fraction of sp³-hybridized carbons (Fsp3) is 0.481. The van der Waals surface area contributed by atoms with Gasteiger partial charge in [0.15, 0.2) is 0 Å². The van der Waals surface area contributed by atoms with Crippen molar-refractivity contribution in [1.82, 2.24) is 5.32 Å². The molecule has 2 aliphatic rings. The van der Waals surface area contributed by atoms with Crippen LogP contribution in [0.1, 0.15) is 76.0 Å². The van der Waals surface area contributed by atoms with Crippen LogP contribution in [0.3, 0.4) is 0 Å². The number of benzene rings is 2. The van der Waals surface area contributed by atoms with Gasteiger partial charge in [-0.3, -0.25) is 10.2 Å². The number of hydrogen-bond acceptors (Lipinski definition) is 5. The maximum absolute atomic E-state index is 13.6. The van der Waals surface area contributed by atoms with Crippen molar-refractivity contribution in [2.45, 2.75) is 81.4 Å². The number of unbranched alkanes of at least 4 members (excludes halogenated alkanes) is 2. The van der Waals surface area contributed by atoms with Crippen molar-refractivity contribution in [2.75, 3.05) is 11.4 Å². The smallest absolute Gasteiger partial charge is 0.272 e. The van der Waals surface area contributed by atoms with Crippen molar-refractivity contribution in [2.24, 2.45) is 5.73 Å². The number of carbonyl (C=O) groups is 1. The molecule has 6 nitrogen and oxygen atoms in total. The first-order chi connectivity index (χ1) is 16.3. The number of thiol groups is 1. The number of nitrogens with one attached hydrogen (secondary N) is 2. The topological polar surface area (TPSA) is 91.4 Å². The Kier molecular flexibility index (Phi) is 7.53. The molecule has 1 fully saturated rings. The molecular weight excluding hydrogens is 444 g/mol. The van der Waals surface area contributed by atoms with E-state index in [1.807, 2.05) is 29.2 Å². The number of piperidine rings is 1. The quantitative estimate of drug-likeness (QED) is 0.181. The van der Waals surface area contributed by atoms with Crippen LogP contribution in [0.5, 0.6) is 5.75 Å². The lowest BCUT2D eigenvalue weighted by Gasteiger charge is -2.39. The van der Waals surface area contributed by atoms with E-state index in [9.17, 15) is 4.79 Å². The number of rotatable bonds is 8. The molecular formula is C27H36N4O2S. The average molecular weight is 481 g/mol.